The molecule has 7 heteroatoms. The van der Waals surface area contributed by atoms with Crippen molar-refractivity contribution in [2.75, 3.05) is 13.4 Å². The summed E-state index contributed by atoms with van der Waals surface area (Å²) in [7, 11) is -2.20. The topological polar surface area (TPSA) is 82.1 Å². The molecule has 0 aliphatic carbocycles. The third-order valence-corrected chi connectivity index (χ3v) is 2.72. The van der Waals surface area contributed by atoms with Gasteiger partial charge in [0.15, 0.2) is 6.29 Å². The van der Waals surface area contributed by atoms with E-state index >= 15 is 0 Å². The molecule has 1 N–H and O–H groups in total. The van der Waals surface area contributed by atoms with E-state index in [4.69, 9.17) is 13.7 Å². The molecule has 6 nitrogen and oxygen atoms in total. The molecule has 0 radical (unpaired) electrons. The van der Waals surface area contributed by atoms with E-state index in [1.165, 1.54) is 7.11 Å². The highest BCUT2D eigenvalue weighted by atomic mass is 32.2. The molecule has 4 atom stereocenters. The molecule has 0 unspecified atom stereocenters. The van der Waals surface area contributed by atoms with Crippen molar-refractivity contribution < 1.29 is 27.2 Å². The zero-order valence-corrected chi connectivity index (χ0v) is 9.73. The molecule has 0 spiro atoms. The van der Waals surface area contributed by atoms with Crippen LogP contribution >= 0.6 is 0 Å². The number of hydrogen-bond acceptors (Lipinski definition) is 6. The molecule has 15 heavy (non-hydrogen) atoms. The first kappa shape index (κ1) is 12.9. The maximum atomic E-state index is 10.9. The van der Waals surface area contributed by atoms with E-state index in [9.17, 15) is 13.5 Å². The van der Waals surface area contributed by atoms with Crippen molar-refractivity contribution in [3.63, 3.8) is 0 Å². The van der Waals surface area contributed by atoms with Gasteiger partial charge in [-0.3, -0.25) is 4.18 Å². The molecule has 0 bridgehead atoms. The predicted octanol–water partition coefficient (Wildman–Crippen LogP) is -0.527. The molecule has 1 fully saturated rings. The van der Waals surface area contributed by atoms with Gasteiger partial charge in [-0.2, -0.15) is 8.42 Å². The van der Waals surface area contributed by atoms with Crippen molar-refractivity contribution in [2.24, 2.45) is 0 Å². The summed E-state index contributed by atoms with van der Waals surface area (Å²) in [5.74, 6) is 0. The molecule has 1 heterocycles. The average Bonchev–Trinajstić information content (AvgIpc) is 2.08. The van der Waals surface area contributed by atoms with Gasteiger partial charge < -0.3 is 14.6 Å². The number of aliphatic hydroxyl groups excluding tert-OH is 1. The van der Waals surface area contributed by atoms with Crippen LogP contribution in [0.2, 0.25) is 0 Å². The Bertz CT molecular complexity index is 300. The van der Waals surface area contributed by atoms with E-state index in [0.717, 1.165) is 6.26 Å². The highest BCUT2D eigenvalue weighted by Gasteiger charge is 2.38. The average molecular weight is 240 g/mol. The second-order valence-electron chi connectivity index (χ2n) is 3.62. The van der Waals surface area contributed by atoms with Gasteiger partial charge in [0.25, 0.3) is 10.1 Å². The summed E-state index contributed by atoms with van der Waals surface area (Å²) >= 11 is 0. The van der Waals surface area contributed by atoms with Crippen LogP contribution in [0.3, 0.4) is 0 Å². The minimum atomic E-state index is -3.58. The van der Waals surface area contributed by atoms with Crippen LogP contribution in [-0.4, -0.2) is 51.5 Å². The first-order valence-corrected chi connectivity index (χ1v) is 6.39. The summed E-state index contributed by atoms with van der Waals surface area (Å²) in [5, 5.41) is 9.67. The zero-order valence-electron chi connectivity index (χ0n) is 8.91. The Morgan fingerprint density at radius 3 is 2.53 bits per heavy atom. The van der Waals surface area contributed by atoms with Gasteiger partial charge >= 0.3 is 0 Å². The lowest BCUT2D eigenvalue weighted by Gasteiger charge is -2.36. The van der Waals surface area contributed by atoms with Crippen molar-refractivity contribution in [2.45, 2.75) is 37.9 Å². The van der Waals surface area contributed by atoms with Gasteiger partial charge in [0.1, 0.15) is 12.2 Å². The minimum Gasteiger partial charge on any atom is -0.385 e. The lowest BCUT2D eigenvalue weighted by molar-refractivity contribution is -0.249. The van der Waals surface area contributed by atoms with Gasteiger partial charge in [-0.05, 0) is 6.92 Å². The van der Waals surface area contributed by atoms with E-state index in [1.807, 2.05) is 0 Å². The van der Waals surface area contributed by atoms with Gasteiger partial charge in [0.05, 0.1) is 12.4 Å². The smallest absolute Gasteiger partial charge is 0.264 e. The minimum absolute atomic E-state index is 0.218. The fourth-order valence-electron chi connectivity index (χ4n) is 1.52. The summed E-state index contributed by atoms with van der Waals surface area (Å²) in [4.78, 5) is 0. The summed E-state index contributed by atoms with van der Waals surface area (Å²) < 4.78 is 36.7. The van der Waals surface area contributed by atoms with Gasteiger partial charge in [-0.25, -0.2) is 0 Å². The summed E-state index contributed by atoms with van der Waals surface area (Å²) in [5.41, 5.74) is 0. The molecular weight excluding hydrogens is 224 g/mol. The molecule has 1 aliphatic heterocycles. The second-order valence-corrected chi connectivity index (χ2v) is 5.22. The third kappa shape index (κ3) is 3.69. The lowest BCUT2D eigenvalue weighted by atomic mass is 10.0. The molecule has 1 aliphatic rings. The molecule has 0 aromatic rings. The summed E-state index contributed by atoms with van der Waals surface area (Å²) in [6.45, 7) is 1.76. The van der Waals surface area contributed by atoms with Crippen molar-refractivity contribution in [3.8, 4) is 0 Å². The van der Waals surface area contributed by atoms with Gasteiger partial charge in [0.2, 0.25) is 0 Å². The molecule has 1 rings (SSSR count). The zero-order chi connectivity index (χ0) is 11.6. The molecular formula is C8H16O6S. The summed E-state index contributed by atoms with van der Waals surface area (Å²) in [6, 6.07) is 0. The molecule has 90 valence electrons. The van der Waals surface area contributed by atoms with Crippen LogP contribution in [0.25, 0.3) is 0 Å². The largest absolute Gasteiger partial charge is 0.385 e. The first-order chi connectivity index (χ1) is 6.83. The van der Waals surface area contributed by atoms with Crippen LogP contribution < -0.4 is 0 Å². The Morgan fingerprint density at radius 2 is 2.07 bits per heavy atom. The van der Waals surface area contributed by atoms with E-state index in [1.54, 1.807) is 6.92 Å². The van der Waals surface area contributed by atoms with Crippen molar-refractivity contribution >= 4 is 10.1 Å². The van der Waals surface area contributed by atoms with Crippen molar-refractivity contribution in [1.29, 1.82) is 0 Å². The molecule has 0 aromatic heterocycles. The number of methoxy groups -OCH3 is 1. The maximum absolute atomic E-state index is 10.9. The van der Waals surface area contributed by atoms with Gasteiger partial charge in [-0.15, -0.1) is 0 Å². The highest BCUT2D eigenvalue weighted by molar-refractivity contribution is 7.86. The van der Waals surface area contributed by atoms with E-state index in [2.05, 4.69) is 0 Å². The van der Waals surface area contributed by atoms with Crippen LogP contribution in [0.5, 0.6) is 0 Å². The van der Waals surface area contributed by atoms with Crippen LogP contribution in [-0.2, 0) is 23.8 Å². The fourth-order valence-corrected chi connectivity index (χ4v) is 2.16. The number of rotatable bonds is 3. The molecule has 0 saturated carbocycles. The van der Waals surface area contributed by atoms with Crippen molar-refractivity contribution in [3.05, 3.63) is 0 Å². The second kappa shape index (κ2) is 4.75. The quantitative estimate of drug-likeness (QED) is 0.668. The normalized spacial score (nSPS) is 37.9. The third-order valence-electron chi connectivity index (χ3n) is 2.12. The number of hydrogen-bond donors (Lipinski definition) is 1. The SMILES string of the molecule is CO[C@H]1O[C@H](C)C[C@H](OS(C)(=O)=O)[C@H]1O. The highest BCUT2D eigenvalue weighted by Crippen LogP contribution is 2.23. The van der Waals surface area contributed by atoms with Gasteiger partial charge in [0, 0.05) is 13.5 Å². The van der Waals surface area contributed by atoms with Crippen LogP contribution in [0.1, 0.15) is 13.3 Å². The standard InChI is InChI=1S/C8H16O6S/c1-5-4-6(14-15(3,10)11)7(9)8(12-2)13-5/h5-9H,4H2,1-3H3/t5-,6+,7-,8+/m1/s1. The Balaban J connectivity index is 2.70. The first-order valence-electron chi connectivity index (χ1n) is 4.58. The Hall–Kier alpha value is -0.210. The summed E-state index contributed by atoms with van der Waals surface area (Å²) in [6.07, 6.45) is -1.71. The van der Waals surface area contributed by atoms with E-state index < -0.39 is 28.6 Å². The van der Waals surface area contributed by atoms with E-state index in [0.29, 0.717) is 6.42 Å². The molecule has 0 amide bonds. The Kier molecular flexibility index (Phi) is 4.07. The van der Waals surface area contributed by atoms with Crippen LogP contribution in [0.4, 0.5) is 0 Å². The molecule has 1 saturated heterocycles. The lowest BCUT2D eigenvalue weighted by Crippen LogP contribution is -2.49. The Morgan fingerprint density at radius 1 is 1.47 bits per heavy atom. The maximum Gasteiger partial charge on any atom is 0.264 e. The van der Waals surface area contributed by atoms with Gasteiger partial charge in [-0.1, -0.05) is 0 Å². The molecule has 0 aromatic carbocycles. The van der Waals surface area contributed by atoms with Crippen molar-refractivity contribution in [1.82, 2.24) is 0 Å². The number of ether oxygens (including phenoxy) is 2. The van der Waals surface area contributed by atoms with Crippen LogP contribution in [0, 0.1) is 0 Å². The fraction of sp³-hybridized carbons (Fsp3) is 1.00. The monoisotopic (exact) mass is 240 g/mol. The number of aliphatic hydroxyl groups is 1. The Labute approximate surface area is 89.3 Å². The van der Waals surface area contributed by atoms with Crippen LogP contribution in [0.15, 0.2) is 0 Å². The predicted molar refractivity (Wildman–Crippen MR) is 51.7 cm³/mol. The van der Waals surface area contributed by atoms with E-state index in [-0.39, 0.29) is 6.10 Å².